The van der Waals surface area contributed by atoms with Crippen LogP contribution in [0.15, 0.2) is 42.7 Å². The molecule has 0 radical (unpaired) electrons. The quantitative estimate of drug-likeness (QED) is 0.842. The fourth-order valence-electron chi connectivity index (χ4n) is 2.38. The number of aromatic nitrogens is 2. The molecule has 6 nitrogen and oxygen atoms in total. The molecule has 0 unspecified atom stereocenters. The van der Waals surface area contributed by atoms with E-state index in [1.54, 1.807) is 15.8 Å². The van der Waals surface area contributed by atoms with Crippen molar-refractivity contribution in [1.29, 1.82) is 0 Å². The Hall–Kier alpha value is -2.63. The fraction of sp³-hybridized carbons (Fsp3) is 0.389. The Bertz CT molecular complexity index is 679. The minimum Gasteiger partial charge on any atom is -0.352 e. The molecule has 0 fully saturated rings. The molecule has 0 spiro atoms. The predicted molar refractivity (Wildman–Crippen MR) is 92.8 cm³/mol. The first-order valence-corrected chi connectivity index (χ1v) is 8.15. The standard InChI is InChI=1S/C18H24N4O2/c1-4-21(13-17(23)20-14(2)3)18(24)10-15-11-19-22(12-15)16-8-6-5-7-9-16/h5-9,11-12,14H,4,10,13H2,1-3H3,(H,20,23). The van der Waals surface area contributed by atoms with Gasteiger partial charge in [-0.15, -0.1) is 0 Å². The number of para-hydroxylation sites is 1. The molecule has 0 atom stereocenters. The van der Waals surface area contributed by atoms with Gasteiger partial charge in [-0.2, -0.15) is 5.10 Å². The number of hydrogen-bond acceptors (Lipinski definition) is 3. The number of nitrogens with one attached hydrogen (secondary N) is 1. The average Bonchev–Trinajstić information content (AvgIpc) is 3.01. The van der Waals surface area contributed by atoms with Gasteiger partial charge in [-0.25, -0.2) is 4.68 Å². The second kappa shape index (κ2) is 8.29. The number of carbonyl (C=O) groups is 2. The van der Waals surface area contributed by atoms with E-state index in [0.29, 0.717) is 6.54 Å². The molecule has 0 saturated carbocycles. The third kappa shape index (κ3) is 4.94. The minimum absolute atomic E-state index is 0.0652. The maximum absolute atomic E-state index is 12.4. The van der Waals surface area contributed by atoms with Gasteiger partial charge in [0.2, 0.25) is 11.8 Å². The van der Waals surface area contributed by atoms with E-state index in [1.165, 1.54) is 0 Å². The summed E-state index contributed by atoms with van der Waals surface area (Å²) in [6, 6.07) is 9.79. The summed E-state index contributed by atoms with van der Waals surface area (Å²) in [5.74, 6) is -0.218. The van der Waals surface area contributed by atoms with Crippen LogP contribution in [0.25, 0.3) is 5.69 Å². The van der Waals surface area contributed by atoms with Gasteiger partial charge in [0, 0.05) is 18.8 Å². The molecule has 2 aromatic rings. The van der Waals surface area contributed by atoms with Crippen molar-refractivity contribution in [3.05, 3.63) is 48.3 Å². The Labute approximate surface area is 142 Å². The molecule has 2 amide bonds. The Balaban J connectivity index is 1.98. The summed E-state index contributed by atoms with van der Waals surface area (Å²) in [7, 11) is 0. The molecule has 0 aliphatic heterocycles. The number of nitrogens with zero attached hydrogens (tertiary/aromatic N) is 3. The van der Waals surface area contributed by atoms with Crippen molar-refractivity contribution in [1.82, 2.24) is 20.0 Å². The fourth-order valence-corrected chi connectivity index (χ4v) is 2.38. The van der Waals surface area contributed by atoms with Crippen molar-refractivity contribution in [2.24, 2.45) is 0 Å². The first kappa shape index (κ1) is 17.7. The maximum atomic E-state index is 12.4. The summed E-state index contributed by atoms with van der Waals surface area (Å²) in [6.07, 6.45) is 3.76. The monoisotopic (exact) mass is 328 g/mol. The summed E-state index contributed by atoms with van der Waals surface area (Å²) in [5.41, 5.74) is 1.77. The van der Waals surface area contributed by atoms with Gasteiger partial charge in [0.1, 0.15) is 0 Å². The first-order valence-electron chi connectivity index (χ1n) is 8.15. The highest BCUT2D eigenvalue weighted by Gasteiger charge is 2.17. The zero-order chi connectivity index (χ0) is 17.5. The van der Waals surface area contributed by atoms with Gasteiger partial charge in [0.15, 0.2) is 0 Å². The molecule has 0 saturated heterocycles. The van der Waals surface area contributed by atoms with Crippen LogP contribution in [0.2, 0.25) is 0 Å². The van der Waals surface area contributed by atoms with Crippen molar-refractivity contribution in [2.45, 2.75) is 33.2 Å². The van der Waals surface area contributed by atoms with E-state index in [2.05, 4.69) is 10.4 Å². The van der Waals surface area contributed by atoms with Crippen molar-refractivity contribution < 1.29 is 9.59 Å². The average molecular weight is 328 g/mol. The first-order chi connectivity index (χ1) is 11.5. The zero-order valence-corrected chi connectivity index (χ0v) is 14.4. The van der Waals surface area contributed by atoms with E-state index >= 15 is 0 Å². The Morgan fingerprint density at radius 1 is 1.25 bits per heavy atom. The summed E-state index contributed by atoms with van der Waals surface area (Å²) >= 11 is 0. The van der Waals surface area contributed by atoms with Crippen LogP contribution in [0.1, 0.15) is 26.3 Å². The van der Waals surface area contributed by atoms with Gasteiger partial charge in [-0.1, -0.05) is 18.2 Å². The second-order valence-corrected chi connectivity index (χ2v) is 5.94. The van der Waals surface area contributed by atoms with Crippen LogP contribution >= 0.6 is 0 Å². The number of hydrogen-bond donors (Lipinski definition) is 1. The van der Waals surface area contributed by atoms with Crippen LogP contribution in [0.5, 0.6) is 0 Å². The molecule has 128 valence electrons. The van der Waals surface area contributed by atoms with Crippen molar-refractivity contribution in [3.8, 4) is 5.69 Å². The molecule has 0 aliphatic rings. The largest absolute Gasteiger partial charge is 0.352 e. The van der Waals surface area contributed by atoms with Crippen LogP contribution in [0.4, 0.5) is 0 Å². The van der Waals surface area contributed by atoms with E-state index in [9.17, 15) is 9.59 Å². The number of rotatable bonds is 7. The highest BCUT2D eigenvalue weighted by atomic mass is 16.2. The number of likely N-dealkylation sites (N-methyl/N-ethyl adjacent to an activating group) is 1. The highest BCUT2D eigenvalue weighted by molar-refractivity contribution is 5.85. The summed E-state index contributed by atoms with van der Waals surface area (Å²) < 4.78 is 1.74. The molecular formula is C18H24N4O2. The lowest BCUT2D eigenvalue weighted by molar-refractivity contribution is -0.135. The van der Waals surface area contributed by atoms with E-state index in [0.717, 1.165) is 11.3 Å². The molecule has 2 rings (SSSR count). The Morgan fingerprint density at radius 2 is 1.96 bits per heavy atom. The molecule has 1 N–H and O–H groups in total. The number of carbonyl (C=O) groups excluding carboxylic acids is 2. The molecule has 24 heavy (non-hydrogen) atoms. The molecular weight excluding hydrogens is 304 g/mol. The predicted octanol–water partition coefficient (Wildman–Crippen LogP) is 1.79. The highest BCUT2D eigenvalue weighted by Crippen LogP contribution is 2.09. The van der Waals surface area contributed by atoms with Crippen molar-refractivity contribution in [2.75, 3.05) is 13.1 Å². The summed E-state index contributed by atoms with van der Waals surface area (Å²) in [6.45, 7) is 6.24. The van der Waals surface area contributed by atoms with Gasteiger partial charge in [0.25, 0.3) is 0 Å². The van der Waals surface area contributed by atoms with Crippen LogP contribution in [0.3, 0.4) is 0 Å². The van der Waals surface area contributed by atoms with Gasteiger partial charge in [-0.05, 0) is 38.5 Å². The lowest BCUT2D eigenvalue weighted by Gasteiger charge is -2.20. The molecule has 1 heterocycles. The van der Waals surface area contributed by atoms with Gasteiger partial charge in [-0.3, -0.25) is 9.59 Å². The molecule has 6 heteroatoms. The smallest absolute Gasteiger partial charge is 0.239 e. The maximum Gasteiger partial charge on any atom is 0.239 e. The topological polar surface area (TPSA) is 67.2 Å². The lowest BCUT2D eigenvalue weighted by atomic mass is 10.2. The SMILES string of the molecule is CCN(CC(=O)NC(C)C)C(=O)Cc1cnn(-c2ccccc2)c1. The van der Waals surface area contributed by atoms with Gasteiger partial charge < -0.3 is 10.2 Å². The third-order valence-electron chi connectivity index (χ3n) is 3.53. The molecule has 1 aromatic heterocycles. The van der Waals surface area contributed by atoms with E-state index in [4.69, 9.17) is 0 Å². The summed E-state index contributed by atoms with van der Waals surface area (Å²) in [5, 5.41) is 7.09. The summed E-state index contributed by atoms with van der Waals surface area (Å²) in [4.78, 5) is 25.8. The van der Waals surface area contributed by atoms with Crippen LogP contribution in [-0.2, 0) is 16.0 Å². The van der Waals surface area contributed by atoms with Crippen molar-refractivity contribution >= 4 is 11.8 Å². The Kier molecular flexibility index (Phi) is 6.12. The normalized spacial score (nSPS) is 10.7. The molecule has 0 aliphatic carbocycles. The van der Waals surface area contributed by atoms with E-state index < -0.39 is 0 Å². The van der Waals surface area contributed by atoms with Crippen LogP contribution in [-0.4, -0.2) is 45.6 Å². The molecule has 0 bridgehead atoms. The van der Waals surface area contributed by atoms with Gasteiger partial charge >= 0.3 is 0 Å². The van der Waals surface area contributed by atoms with Crippen molar-refractivity contribution in [3.63, 3.8) is 0 Å². The minimum atomic E-state index is -0.139. The van der Waals surface area contributed by atoms with E-state index in [1.807, 2.05) is 57.3 Å². The number of amides is 2. The van der Waals surface area contributed by atoms with Gasteiger partial charge in [0.05, 0.1) is 24.8 Å². The van der Waals surface area contributed by atoms with Crippen LogP contribution < -0.4 is 5.32 Å². The Morgan fingerprint density at radius 3 is 2.58 bits per heavy atom. The number of benzene rings is 1. The second-order valence-electron chi connectivity index (χ2n) is 5.94. The molecule has 1 aromatic carbocycles. The third-order valence-corrected chi connectivity index (χ3v) is 3.53. The zero-order valence-electron chi connectivity index (χ0n) is 14.4. The van der Waals surface area contributed by atoms with Crippen LogP contribution in [0, 0.1) is 0 Å². The van der Waals surface area contributed by atoms with E-state index in [-0.39, 0.29) is 30.8 Å². The lowest BCUT2D eigenvalue weighted by Crippen LogP contribution is -2.43.